The molecule has 0 saturated carbocycles. The van der Waals surface area contributed by atoms with Crippen molar-refractivity contribution < 1.29 is 9.53 Å². The van der Waals surface area contributed by atoms with E-state index in [1.807, 2.05) is 54.6 Å². The summed E-state index contributed by atoms with van der Waals surface area (Å²) in [6.45, 7) is 0. The van der Waals surface area contributed by atoms with E-state index < -0.39 is 5.56 Å². The van der Waals surface area contributed by atoms with Crippen molar-refractivity contribution in [3.05, 3.63) is 89.2 Å². The summed E-state index contributed by atoms with van der Waals surface area (Å²) in [5.74, 6) is 0.424. The molecule has 0 aliphatic heterocycles. The number of amides is 1. The number of methoxy groups -OCH3 is 1. The van der Waals surface area contributed by atoms with Crippen LogP contribution in [0.1, 0.15) is 0 Å². The zero-order chi connectivity index (χ0) is 23.5. The second-order valence-electron chi connectivity index (χ2n) is 7.32. The standard InChI is InChI=1S/C25H19N5O3S/c1-33-20-14-8-7-13-19(20)26-21(31)15-34-25-27-18-12-6-5-11-17(18)23-28-24(32)22(29-30(23)25)16-9-3-2-4-10-16/h2-14H,15H2,1H3,(H,26,31). The number of nitrogens with zero attached hydrogens (tertiary/aromatic N) is 4. The molecule has 0 radical (unpaired) electrons. The lowest BCUT2D eigenvalue weighted by Gasteiger charge is -2.12. The first-order valence-corrected chi connectivity index (χ1v) is 11.4. The first-order valence-electron chi connectivity index (χ1n) is 10.4. The van der Waals surface area contributed by atoms with Gasteiger partial charge in [0.2, 0.25) is 5.91 Å². The first-order chi connectivity index (χ1) is 16.6. The predicted octanol–water partition coefficient (Wildman–Crippen LogP) is 4.04. The molecule has 0 spiro atoms. The Morgan fingerprint density at radius 3 is 2.53 bits per heavy atom. The van der Waals surface area contributed by atoms with E-state index in [4.69, 9.17) is 9.72 Å². The summed E-state index contributed by atoms with van der Waals surface area (Å²) in [6, 6.07) is 23.7. The Bertz CT molecular complexity index is 1570. The molecule has 168 valence electrons. The van der Waals surface area contributed by atoms with Gasteiger partial charge < -0.3 is 10.1 Å². The Balaban J connectivity index is 1.54. The number of fused-ring (bicyclic) bond motifs is 3. The van der Waals surface area contributed by atoms with Gasteiger partial charge in [-0.3, -0.25) is 9.59 Å². The van der Waals surface area contributed by atoms with Crippen LogP contribution in [0.5, 0.6) is 5.75 Å². The molecule has 8 nitrogen and oxygen atoms in total. The summed E-state index contributed by atoms with van der Waals surface area (Å²) < 4.78 is 6.83. The molecule has 9 heteroatoms. The fourth-order valence-corrected chi connectivity index (χ4v) is 4.28. The van der Waals surface area contributed by atoms with Crippen LogP contribution in [0.15, 0.2) is 88.8 Å². The van der Waals surface area contributed by atoms with Crippen LogP contribution in [-0.2, 0) is 4.79 Å². The number of ether oxygens (including phenoxy) is 1. The van der Waals surface area contributed by atoms with Gasteiger partial charge in [0, 0.05) is 10.9 Å². The van der Waals surface area contributed by atoms with Crippen LogP contribution in [0.2, 0.25) is 0 Å². The lowest BCUT2D eigenvalue weighted by Crippen LogP contribution is -2.19. The molecule has 0 atom stereocenters. The van der Waals surface area contributed by atoms with Crippen molar-refractivity contribution in [3.63, 3.8) is 0 Å². The summed E-state index contributed by atoms with van der Waals surface area (Å²) in [6.07, 6.45) is 0. The largest absolute Gasteiger partial charge is 0.495 e. The van der Waals surface area contributed by atoms with Gasteiger partial charge >= 0.3 is 0 Å². The Morgan fingerprint density at radius 2 is 1.71 bits per heavy atom. The van der Waals surface area contributed by atoms with Crippen LogP contribution in [0, 0.1) is 0 Å². The van der Waals surface area contributed by atoms with Crippen molar-refractivity contribution in [2.24, 2.45) is 0 Å². The van der Waals surface area contributed by atoms with E-state index in [2.05, 4.69) is 15.4 Å². The molecule has 0 saturated heterocycles. The van der Waals surface area contributed by atoms with Crippen LogP contribution < -0.4 is 15.6 Å². The van der Waals surface area contributed by atoms with Crippen molar-refractivity contribution in [2.45, 2.75) is 5.16 Å². The average molecular weight is 470 g/mol. The Hall–Kier alpha value is -4.24. The van der Waals surface area contributed by atoms with Gasteiger partial charge in [-0.05, 0) is 24.3 Å². The van der Waals surface area contributed by atoms with E-state index in [1.165, 1.54) is 16.3 Å². The van der Waals surface area contributed by atoms with Crippen molar-refractivity contribution in [1.29, 1.82) is 0 Å². The van der Waals surface area contributed by atoms with Crippen molar-refractivity contribution >= 4 is 39.9 Å². The molecule has 0 unspecified atom stereocenters. The maximum atomic E-state index is 12.8. The van der Waals surface area contributed by atoms with E-state index in [1.54, 1.807) is 31.4 Å². The highest BCUT2D eigenvalue weighted by Crippen LogP contribution is 2.26. The van der Waals surface area contributed by atoms with Crippen molar-refractivity contribution in [3.8, 4) is 17.0 Å². The zero-order valence-corrected chi connectivity index (χ0v) is 19.0. The summed E-state index contributed by atoms with van der Waals surface area (Å²) >= 11 is 1.21. The van der Waals surface area contributed by atoms with Gasteiger partial charge in [0.1, 0.15) is 5.75 Å². The molecule has 1 N–H and O–H groups in total. The summed E-state index contributed by atoms with van der Waals surface area (Å²) in [5, 5.41) is 8.60. The fourth-order valence-electron chi connectivity index (χ4n) is 3.54. The number of hydrogen-bond acceptors (Lipinski definition) is 7. The average Bonchev–Trinajstić information content (AvgIpc) is 2.88. The monoisotopic (exact) mass is 469 g/mol. The van der Waals surface area contributed by atoms with Crippen molar-refractivity contribution in [1.82, 2.24) is 19.6 Å². The molecule has 3 aromatic carbocycles. The third-order valence-electron chi connectivity index (χ3n) is 5.11. The van der Waals surface area contributed by atoms with Gasteiger partial charge in [-0.15, -0.1) is 0 Å². The Kier molecular flexibility index (Phi) is 5.92. The lowest BCUT2D eigenvalue weighted by atomic mass is 10.2. The predicted molar refractivity (Wildman–Crippen MR) is 132 cm³/mol. The quantitative estimate of drug-likeness (QED) is 0.228. The highest BCUT2D eigenvalue weighted by Gasteiger charge is 2.16. The smallest absolute Gasteiger partial charge is 0.300 e. The van der Waals surface area contributed by atoms with E-state index in [0.717, 1.165) is 0 Å². The highest BCUT2D eigenvalue weighted by atomic mass is 32.2. The molecule has 0 fully saturated rings. The van der Waals surface area contributed by atoms with Crippen LogP contribution in [-0.4, -0.2) is 38.4 Å². The normalized spacial score (nSPS) is 11.0. The zero-order valence-electron chi connectivity index (χ0n) is 18.1. The third kappa shape index (κ3) is 4.20. The number of hydrogen-bond donors (Lipinski definition) is 1. The maximum Gasteiger partial charge on any atom is 0.300 e. The molecule has 0 aliphatic rings. The molecular formula is C25H19N5O3S. The number of rotatable bonds is 6. The van der Waals surface area contributed by atoms with Gasteiger partial charge in [0.25, 0.3) is 5.56 Å². The van der Waals surface area contributed by atoms with Crippen LogP contribution in [0.4, 0.5) is 5.69 Å². The molecule has 0 aliphatic carbocycles. The summed E-state index contributed by atoms with van der Waals surface area (Å²) in [7, 11) is 1.55. The van der Waals surface area contributed by atoms with Crippen molar-refractivity contribution in [2.75, 3.05) is 18.2 Å². The Morgan fingerprint density at radius 1 is 0.971 bits per heavy atom. The van der Waals surface area contributed by atoms with E-state index >= 15 is 0 Å². The molecule has 2 heterocycles. The number of nitrogens with one attached hydrogen (secondary N) is 1. The van der Waals surface area contributed by atoms with E-state index in [-0.39, 0.29) is 17.4 Å². The first kappa shape index (κ1) is 21.6. The minimum atomic E-state index is -0.424. The van der Waals surface area contributed by atoms with Gasteiger partial charge in [-0.25, -0.2) is 4.98 Å². The van der Waals surface area contributed by atoms with Gasteiger partial charge in [-0.2, -0.15) is 14.6 Å². The fraction of sp³-hybridized carbons (Fsp3) is 0.0800. The number of carbonyl (C=O) groups excluding carboxylic acids is 1. The molecule has 5 aromatic rings. The molecule has 5 rings (SSSR count). The molecule has 2 aromatic heterocycles. The minimum absolute atomic E-state index is 0.0764. The summed E-state index contributed by atoms with van der Waals surface area (Å²) in [4.78, 5) is 34.5. The topological polar surface area (TPSA) is 98.5 Å². The van der Waals surface area contributed by atoms with E-state index in [0.29, 0.717) is 38.7 Å². The van der Waals surface area contributed by atoms with Gasteiger partial charge in [-0.1, -0.05) is 66.4 Å². The molecule has 1 amide bonds. The SMILES string of the molecule is COc1ccccc1NC(=O)CSc1nc2ccccc2c2nc(=O)c(-c3ccccc3)nn12. The molecule has 0 bridgehead atoms. The van der Waals surface area contributed by atoms with Crippen LogP contribution >= 0.6 is 11.8 Å². The number of benzene rings is 3. The van der Waals surface area contributed by atoms with E-state index in [9.17, 15) is 9.59 Å². The van der Waals surface area contributed by atoms with Gasteiger partial charge in [0.05, 0.1) is 24.1 Å². The van der Waals surface area contributed by atoms with Crippen LogP contribution in [0.3, 0.4) is 0 Å². The third-order valence-corrected chi connectivity index (χ3v) is 6.04. The maximum absolute atomic E-state index is 12.8. The van der Waals surface area contributed by atoms with Crippen LogP contribution in [0.25, 0.3) is 27.8 Å². The molecule has 34 heavy (non-hydrogen) atoms. The number of aromatic nitrogens is 4. The number of thioether (sulfide) groups is 1. The van der Waals surface area contributed by atoms with Gasteiger partial charge in [0.15, 0.2) is 16.5 Å². The second-order valence-corrected chi connectivity index (χ2v) is 8.26. The second kappa shape index (κ2) is 9.32. The number of anilines is 1. The summed E-state index contributed by atoms with van der Waals surface area (Å²) in [5.41, 5.74) is 2.09. The lowest BCUT2D eigenvalue weighted by molar-refractivity contribution is -0.113. The molecular weight excluding hydrogens is 450 g/mol. The highest BCUT2D eigenvalue weighted by molar-refractivity contribution is 7.99. The minimum Gasteiger partial charge on any atom is -0.495 e. The number of carbonyl (C=O) groups is 1. The number of para-hydroxylation sites is 3. The Labute approximate surface area is 198 Å².